The van der Waals surface area contributed by atoms with Crippen LogP contribution in [0.4, 0.5) is 0 Å². The molecule has 27 heavy (non-hydrogen) atoms. The topological polar surface area (TPSA) is 73.5 Å². The fourth-order valence-corrected chi connectivity index (χ4v) is 6.63. The lowest BCUT2D eigenvalue weighted by Crippen LogP contribution is -2.60. The van der Waals surface area contributed by atoms with Crippen LogP contribution >= 0.6 is 0 Å². The van der Waals surface area contributed by atoms with E-state index in [2.05, 4.69) is 22.9 Å². The van der Waals surface area contributed by atoms with E-state index in [4.69, 9.17) is 0 Å². The van der Waals surface area contributed by atoms with Gasteiger partial charge in [-0.25, -0.2) is 8.42 Å². The first kappa shape index (κ1) is 18.5. The molecule has 1 aromatic heterocycles. The molecule has 2 aromatic rings. The Morgan fingerprint density at radius 3 is 2.78 bits per heavy atom. The number of aromatic nitrogens is 1. The molecule has 2 saturated heterocycles. The van der Waals surface area contributed by atoms with Gasteiger partial charge in [-0.1, -0.05) is 25.1 Å². The van der Waals surface area contributed by atoms with Crippen molar-refractivity contribution >= 4 is 26.6 Å². The Morgan fingerprint density at radius 2 is 1.96 bits per heavy atom. The van der Waals surface area contributed by atoms with Gasteiger partial charge in [0, 0.05) is 42.7 Å². The summed E-state index contributed by atoms with van der Waals surface area (Å²) in [6.07, 6.45) is 4.05. The standard InChI is InChI=1S/C20H27N3O3S/c1-2-9-22-10-11-23(19-14-27(25,26)13-18(19)22)20(24)8-7-15-12-21-17-6-4-3-5-16(15)17/h3-6,12,18-19,21H,2,7-11,13-14H2,1H3/t18-,19+/m0/s1. The highest BCUT2D eigenvalue weighted by Gasteiger charge is 2.47. The number of para-hydroxylation sites is 1. The molecule has 4 rings (SSSR count). The minimum Gasteiger partial charge on any atom is -0.361 e. The average molecular weight is 390 g/mol. The van der Waals surface area contributed by atoms with Crippen molar-refractivity contribution in [3.05, 3.63) is 36.0 Å². The highest BCUT2D eigenvalue weighted by atomic mass is 32.2. The largest absolute Gasteiger partial charge is 0.361 e. The van der Waals surface area contributed by atoms with Crippen LogP contribution in [0.3, 0.4) is 0 Å². The van der Waals surface area contributed by atoms with Gasteiger partial charge in [-0.2, -0.15) is 0 Å². The molecule has 146 valence electrons. The molecule has 3 heterocycles. The Balaban J connectivity index is 1.47. The second-order valence-electron chi connectivity index (χ2n) is 7.69. The summed E-state index contributed by atoms with van der Waals surface area (Å²) in [5.41, 5.74) is 2.22. The summed E-state index contributed by atoms with van der Waals surface area (Å²) in [6.45, 7) is 4.40. The van der Waals surface area contributed by atoms with Crippen molar-refractivity contribution < 1.29 is 13.2 Å². The second kappa shape index (κ2) is 7.28. The van der Waals surface area contributed by atoms with E-state index < -0.39 is 9.84 Å². The molecule has 0 spiro atoms. The summed E-state index contributed by atoms with van der Waals surface area (Å²) in [5, 5.41) is 1.15. The first-order valence-corrected chi connectivity index (χ1v) is 11.6. The predicted molar refractivity (Wildman–Crippen MR) is 106 cm³/mol. The van der Waals surface area contributed by atoms with Crippen LogP contribution in [0.25, 0.3) is 10.9 Å². The lowest BCUT2D eigenvalue weighted by Gasteiger charge is -2.44. The summed E-state index contributed by atoms with van der Waals surface area (Å²) in [7, 11) is -3.07. The molecule has 1 amide bonds. The number of sulfone groups is 1. The molecule has 6 nitrogen and oxygen atoms in total. The zero-order valence-electron chi connectivity index (χ0n) is 15.7. The highest BCUT2D eigenvalue weighted by Crippen LogP contribution is 2.28. The van der Waals surface area contributed by atoms with Crippen molar-refractivity contribution in [3.8, 4) is 0 Å². The van der Waals surface area contributed by atoms with Crippen LogP contribution in [-0.4, -0.2) is 72.3 Å². The molecular formula is C20H27N3O3S. The number of aromatic amines is 1. The Hall–Kier alpha value is -1.86. The van der Waals surface area contributed by atoms with E-state index in [1.54, 1.807) is 0 Å². The second-order valence-corrected chi connectivity index (χ2v) is 9.85. The molecule has 2 aliphatic rings. The molecule has 0 bridgehead atoms. The summed E-state index contributed by atoms with van der Waals surface area (Å²) < 4.78 is 24.5. The van der Waals surface area contributed by atoms with Gasteiger partial charge in [0.2, 0.25) is 5.91 Å². The Bertz CT molecular complexity index is 937. The van der Waals surface area contributed by atoms with Crippen molar-refractivity contribution in [2.24, 2.45) is 0 Å². The number of nitrogens with zero attached hydrogens (tertiary/aromatic N) is 2. The van der Waals surface area contributed by atoms with E-state index in [-0.39, 0.29) is 29.5 Å². The van der Waals surface area contributed by atoms with Gasteiger partial charge in [-0.15, -0.1) is 0 Å². The number of rotatable bonds is 5. The number of aryl methyl sites for hydroxylation is 1. The maximum absolute atomic E-state index is 12.9. The van der Waals surface area contributed by atoms with Crippen LogP contribution in [0.2, 0.25) is 0 Å². The average Bonchev–Trinajstić information content (AvgIpc) is 3.20. The number of carbonyl (C=O) groups excluding carboxylic acids is 1. The zero-order valence-corrected chi connectivity index (χ0v) is 16.5. The van der Waals surface area contributed by atoms with E-state index in [9.17, 15) is 13.2 Å². The van der Waals surface area contributed by atoms with Crippen LogP contribution < -0.4 is 0 Å². The van der Waals surface area contributed by atoms with Crippen LogP contribution in [0, 0.1) is 0 Å². The Morgan fingerprint density at radius 1 is 1.19 bits per heavy atom. The Kier molecular flexibility index (Phi) is 4.99. The van der Waals surface area contributed by atoms with Crippen molar-refractivity contribution in [2.45, 2.75) is 38.3 Å². The van der Waals surface area contributed by atoms with Crippen molar-refractivity contribution in [3.63, 3.8) is 0 Å². The van der Waals surface area contributed by atoms with E-state index in [1.165, 1.54) is 0 Å². The summed E-state index contributed by atoms with van der Waals surface area (Å²) in [4.78, 5) is 20.3. The number of carbonyl (C=O) groups is 1. The molecule has 2 atom stereocenters. The van der Waals surface area contributed by atoms with Crippen LogP contribution in [0.15, 0.2) is 30.5 Å². The molecular weight excluding hydrogens is 362 g/mol. The number of amides is 1. The third-order valence-corrected chi connectivity index (χ3v) is 7.60. The SMILES string of the molecule is CCCN1CCN(C(=O)CCc2c[nH]c3ccccc23)[C@@H]2CS(=O)(=O)C[C@@H]21. The number of benzene rings is 1. The number of hydrogen-bond donors (Lipinski definition) is 1. The van der Waals surface area contributed by atoms with Gasteiger partial charge >= 0.3 is 0 Å². The maximum Gasteiger partial charge on any atom is 0.223 e. The fraction of sp³-hybridized carbons (Fsp3) is 0.550. The zero-order chi connectivity index (χ0) is 19.0. The molecule has 0 unspecified atom stereocenters. The minimum atomic E-state index is -3.07. The number of piperazine rings is 1. The van der Waals surface area contributed by atoms with Gasteiger partial charge in [-0.05, 0) is 31.0 Å². The first-order valence-electron chi connectivity index (χ1n) is 9.77. The molecule has 2 fully saturated rings. The molecule has 0 radical (unpaired) electrons. The smallest absolute Gasteiger partial charge is 0.223 e. The lowest BCUT2D eigenvalue weighted by molar-refractivity contribution is -0.136. The van der Waals surface area contributed by atoms with Crippen molar-refractivity contribution in [2.75, 3.05) is 31.1 Å². The molecule has 1 aromatic carbocycles. The summed E-state index contributed by atoms with van der Waals surface area (Å²) >= 11 is 0. The number of hydrogen-bond acceptors (Lipinski definition) is 4. The summed E-state index contributed by atoms with van der Waals surface area (Å²) in [5.74, 6) is 0.365. The van der Waals surface area contributed by atoms with E-state index >= 15 is 0 Å². The lowest BCUT2D eigenvalue weighted by atomic mass is 10.0. The van der Waals surface area contributed by atoms with Gasteiger partial charge in [0.25, 0.3) is 0 Å². The first-order chi connectivity index (χ1) is 13.0. The van der Waals surface area contributed by atoms with E-state index in [0.29, 0.717) is 19.4 Å². The normalized spacial score (nSPS) is 25.0. The monoisotopic (exact) mass is 389 g/mol. The molecule has 1 N–H and O–H groups in total. The number of H-pyrrole nitrogens is 1. The maximum atomic E-state index is 12.9. The van der Waals surface area contributed by atoms with Gasteiger partial charge in [0.1, 0.15) is 0 Å². The number of fused-ring (bicyclic) bond motifs is 2. The fourth-order valence-electron chi connectivity index (χ4n) is 4.62. The van der Waals surface area contributed by atoms with E-state index in [0.717, 1.165) is 36.0 Å². The third kappa shape index (κ3) is 3.62. The molecule has 2 aliphatic heterocycles. The van der Waals surface area contributed by atoms with Crippen LogP contribution in [-0.2, 0) is 21.1 Å². The summed E-state index contributed by atoms with van der Waals surface area (Å²) in [6, 6.07) is 7.86. The minimum absolute atomic E-state index is 0.0410. The van der Waals surface area contributed by atoms with Gasteiger partial charge in [-0.3, -0.25) is 9.69 Å². The van der Waals surface area contributed by atoms with Gasteiger partial charge in [0.05, 0.1) is 17.5 Å². The van der Waals surface area contributed by atoms with Crippen LogP contribution in [0.5, 0.6) is 0 Å². The molecule has 0 saturated carbocycles. The molecule has 7 heteroatoms. The Labute approximate surface area is 160 Å². The van der Waals surface area contributed by atoms with E-state index in [1.807, 2.05) is 29.3 Å². The van der Waals surface area contributed by atoms with Crippen LogP contribution in [0.1, 0.15) is 25.3 Å². The van der Waals surface area contributed by atoms with Gasteiger partial charge in [0.15, 0.2) is 9.84 Å². The predicted octanol–water partition coefficient (Wildman–Crippen LogP) is 1.82. The quantitative estimate of drug-likeness (QED) is 0.847. The van der Waals surface area contributed by atoms with Crippen molar-refractivity contribution in [1.29, 1.82) is 0 Å². The highest BCUT2D eigenvalue weighted by molar-refractivity contribution is 7.91. The third-order valence-electron chi connectivity index (χ3n) is 5.91. The number of nitrogens with one attached hydrogen (secondary N) is 1. The van der Waals surface area contributed by atoms with Gasteiger partial charge < -0.3 is 9.88 Å². The molecule has 0 aliphatic carbocycles. The van der Waals surface area contributed by atoms with Crippen molar-refractivity contribution in [1.82, 2.24) is 14.8 Å².